The zero-order valence-corrected chi connectivity index (χ0v) is 18.4. The molecular formula is C21H21Cl2FN6O2. The summed E-state index contributed by atoms with van der Waals surface area (Å²) in [6.07, 6.45) is 2.06. The topological polar surface area (TPSA) is 125 Å². The van der Waals surface area contributed by atoms with Crippen molar-refractivity contribution < 1.29 is 9.18 Å². The first-order valence-corrected chi connectivity index (χ1v) is 10.4. The van der Waals surface area contributed by atoms with Crippen LogP contribution in [0.25, 0.3) is 11.1 Å². The summed E-state index contributed by atoms with van der Waals surface area (Å²) in [6, 6.07) is 8.44. The fraction of sp³-hybridized carbons (Fsp3) is 0.190. The minimum absolute atomic E-state index is 0.0810. The molecule has 1 aromatic heterocycles. The Morgan fingerprint density at radius 3 is 2.66 bits per heavy atom. The zero-order chi connectivity index (χ0) is 23.1. The third kappa shape index (κ3) is 6.27. The molecule has 168 valence electrons. The van der Waals surface area contributed by atoms with Gasteiger partial charge in [-0.2, -0.15) is 0 Å². The number of aromatic amines is 1. The third-order valence-electron chi connectivity index (χ3n) is 4.45. The standard InChI is InChI=1S/C21H21Cl2FN6O2/c22-14-4-5-18(16(23)9-14)28-21(32)30-20-27-11-15(19(31)29-20)12-2-3-13(17(24)8-12)10-26-7-1-6-25/h2-5,8-9,11,26H,1,6-7,10,25H2,(H3,27,28,29,30,31,32). The highest BCUT2D eigenvalue weighted by atomic mass is 35.5. The molecule has 0 saturated carbocycles. The maximum atomic E-state index is 14.4. The SMILES string of the molecule is NCCCNCc1ccc(-c2cnc(NC(=O)Nc3ccc(Cl)cc3Cl)[nH]c2=O)cc1F. The van der Waals surface area contributed by atoms with Gasteiger partial charge in [-0.15, -0.1) is 0 Å². The lowest BCUT2D eigenvalue weighted by molar-refractivity contribution is 0.262. The van der Waals surface area contributed by atoms with Crippen LogP contribution in [0.2, 0.25) is 10.0 Å². The number of rotatable bonds is 8. The molecule has 1 heterocycles. The molecule has 3 aromatic rings. The van der Waals surface area contributed by atoms with E-state index in [2.05, 4.69) is 25.9 Å². The summed E-state index contributed by atoms with van der Waals surface area (Å²) in [4.78, 5) is 31.1. The average Bonchev–Trinajstić information content (AvgIpc) is 2.74. The van der Waals surface area contributed by atoms with Gasteiger partial charge in [0.2, 0.25) is 5.95 Å². The van der Waals surface area contributed by atoms with Crippen molar-refractivity contribution in [2.75, 3.05) is 23.7 Å². The van der Waals surface area contributed by atoms with E-state index < -0.39 is 17.4 Å². The number of nitrogens with two attached hydrogens (primary N) is 1. The predicted molar refractivity (Wildman–Crippen MR) is 125 cm³/mol. The molecule has 8 nitrogen and oxygen atoms in total. The van der Waals surface area contributed by atoms with E-state index in [9.17, 15) is 14.0 Å². The van der Waals surface area contributed by atoms with Crippen LogP contribution in [0.4, 0.5) is 20.8 Å². The number of H-pyrrole nitrogens is 1. The van der Waals surface area contributed by atoms with Crippen molar-refractivity contribution in [3.05, 3.63) is 74.4 Å². The van der Waals surface area contributed by atoms with Gasteiger partial charge in [-0.25, -0.2) is 14.2 Å². The minimum Gasteiger partial charge on any atom is -0.330 e. The summed E-state index contributed by atoms with van der Waals surface area (Å²) in [5, 5.41) is 8.71. The van der Waals surface area contributed by atoms with E-state index in [1.165, 1.54) is 24.4 Å². The average molecular weight is 479 g/mol. The zero-order valence-electron chi connectivity index (χ0n) is 16.8. The van der Waals surface area contributed by atoms with E-state index in [1.54, 1.807) is 18.2 Å². The molecule has 0 unspecified atom stereocenters. The molecule has 6 N–H and O–H groups in total. The summed E-state index contributed by atoms with van der Waals surface area (Å²) in [5.41, 5.74) is 6.24. The molecule has 2 aromatic carbocycles. The molecule has 0 radical (unpaired) electrons. The number of halogens is 3. The molecule has 0 fully saturated rings. The Morgan fingerprint density at radius 2 is 1.97 bits per heavy atom. The summed E-state index contributed by atoms with van der Waals surface area (Å²) in [5.74, 6) is -0.522. The first-order valence-electron chi connectivity index (χ1n) is 9.69. The molecule has 11 heteroatoms. The number of anilines is 2. The van der Waals surface area contributed by atoms with Gasteiger partial charge in [0.25, 0.3) is 5.56 Å². The summed E-state index contributed by atoms with van der Waals surface area (Å²) in [6.45, 7) is 1.61. The fourth-order valence-corrected chi connectivity index (χ4v) is 3.28. The number of aromatic nitrogens is 2. The van der Waals surface area contributed by atoms with E-state index in [1.807, 2.05) is 0 Å². The lowest BCUT2D eigenvalue weighted by Gasteiger charge is -2.10. The van der Waals surface area contributed by atoms with E-state index in [0.717, 1.165) is 6.42 Å². The molecule has 0 saturated heterocycles. The third-order valence-corrected chi connectivity index (χ3v) is 5.00. The van der Waals surface area contributed by atoms with Gasteiger partial charge in [0.05, 0.1) is 16.3 Å². The number of amides is 2. The van der Waals surface area contributed by atoms with Gasteiger partial charge < -0.3 is 16.4 Å². The Hall–Kier alpha value is -2.98. The highest BCUT2D eigenvalue weighted by Gasteiger charge is 2.12. The quantitative estimate of drug-likeness (QED) is 0.313. The maximum absolute atomic E-state index is 14.4. The first kappa shape index (κ1) is 23.7. The predicted octanol–water partition coefficient (Wildman–Crippen LogP) is 3.97. The number of carbonyl (C=O) groups is 1. The van der Waals surface area contributed by atoms with Gasteiger partial charge in [0, 0.05) is 23.3 Å². The highest BCUT2D eigenvalue weighted by Crippen LogP contribution is 2.25. The Kier molecular flexibility index (Phi) is 8.18. The molecule has 3 rings (SSSR count). The Labute approximate surface area is 193 Å². The first-order chi connectivity index (χ1) is 15.4. The summed E-state index contributed by atoms with van der Waals surface area (Å²) in [7, 11) is 0. The van der Waals surface area contributed by atoms with Gasteiger partial charge in [0.1, 0.15) is 5.82 Å². The van der Waals surface area contributed by atoms with Gasteiger partial charge in [0.15, 0.2) is 0 Å². The van der Waals surface area contributed by atoms with Gasteiger partial charge >= 0.3 is 6.03 Å². The number of hydrogen-bond donors (Lipinski definition) is 5. The molecule has 0 aliphatic rings. The Morgan fingerprint density at radius 1 is 1.16 bits per heavy atom. The molecule has 2 amide bonds. The molecular weight excluding hydrogens is 458 g/mol. The van der Waals surface area contributed by atoms with Gasteiger partial charge in [-0.1, -0.05) is 35.3 Å². The second kappa shape index (κ2) is 11.1. The summed E-state index contributed by atoms with van der Waals surface area (Å²) >= 11 is 11.8. The van der Waals surface area contributed by atoms with E-state index in [4.69, 9.17) is 28.9 Å². The largest absolute Gasteiger partial charge is 0.330 e. The van der Waals surface area contributed by atoms with Gasteiger partial charge in [-0.05, 0) is 49.3 Å². The maximum Gasteiger partial charge on any atom is 0.326 e. The molecule has 0 aliphatic heterocycles. The molecule has 0 bridgehead atoms. The lowest BCUT2D eigenvalue weighted by Crippen LogP contribution is -2.23. The normalized spacial score (nSPS) is 10.8. The van der Waals surface area contributed by atoms with Crippen LogP contribution in [0.5, 0.6) is 0 Å². The van der Waals surface area contributed by atoms with Crippen LogP contribution in [-0.2, 0) is 6.54 Å². The second-order valence-electron chi connectivity index (χ2n) is 6.80. The molecule has 0 aliphatic carbocycles. The minimum atomic E-state index is -0.664. The molecule has 32 heavy (non-hydrogen) atoms. The smallest absolute Gasteiger partial charge is 0.326 e. The van der Waals surface area contributed by atoms with Crippen molar-refractivity contribution in [3.8, 4) is 11.1 Å². The summed E-state index contributed by atoms with van der Waals surface area (Å²) < 4.78 is 14.4. The molecule has 0 spiro atoms. The van der Waals surface area contributed by atoms with E-state index in [-0.39, 0.29) is 16.5 Å². The van der Waals surface area contributed by atoms with Crippen molar-refractivity contribution in [2.45, 2.75) is 13.0 Å². The van der Waals surface area contributed by atoms with Gasteiger partial charge in [-0.3, -0.25) is 15.1 Å². The Bertz CT molecular complexity index is 1170. The van der Waals surface area contributed by atoms with E-state index in [0.29, 0.717) is 41.5 Å². The van der Waals surface area contributed by atoms with Crippen LogP contribution < -0.4 is 27.2 Å². The van der Waals surface area contributed by atoms with Crippen LogP contribution in [0.15, 0.2) is 47.4 Å². The number of carbonyl (C=O) groups excluding carboxylic acids is 1. The monoisotopic (exact) mass is 478 g/mol. The van der Waals surface area contributed by atoms with Crippen LogP contribution >= 0.6 is 23.2 Å². The molecule has 0 atom stereocenters. The van der Waals surface area contributed by atoms with Crippen molar-refractivity contribution in [2.24, 2.45) is 5.73 Å². The van der Waals surface area contributed by atoms with Crippen LogP contribution in [0.1, 0.15) is 12.0 Å². The number of benzene rings is 2. The number of nitrogens with zero attached hydrogens (tertiary/aromatic N) is 1. The Balaban J connectivity index is 1.67. The second-order valence-corrected chi connectivity index (χ2v) is 7.65. The van der Waals surface area contributed by atoms with E-state index >= 15 is 0 Å². The van der Waals surface area contributed by atoms with Crippen LogP contribution in [0.3, 0.4) is 0 Å². The lowest BCUT2D eigenvalue weighted by atomic mass is 10.1. The van der Waals surface area contributed by atoms with Crippen molar-refractivity contribution in [1.82, 2.24) is 15.3 Å². The number of nitrogens with one attached hydrogen (secondary N) is 4. The van der Waals surface area contributed by atoms with Crippen molar-refractivity contribution in [3.63, 3.8) is 0 Å². The fourth-order valence-electron chi connectivity index (χ4n) is 2.82. The van der Waals surface area contributed by atoms with Crippen LogP contribution in [0, 0.1) is 5.82 Å². The number of urea groups is 1. The van der Waals surface area contributed by atoms with Crippen molar-refractivity contribution in [1.29, 1.82) is 0 Å². The number of hydrogen-bond acceptors (Lipinski definition) is 5. The van der Waals surface area contributed by atoms with Crippen molar-refractivity contribution >= 4 is 40.9 Å². The highest BCUT2D eigenvalue weighted by molar-refractivity contribution is 6.36. The van der Waals surface area contributed by atoms with Crippen LogP contribution in [-0.4, -0.2) is 29.1 Å².